The monoisotopic (exact) mass is 336 g/mol. The zero-order chi connectivity index (χ0) is 15.9. The van der Waals surface area contributed by atoms with Gasteiger partial charge in [0.1, 0.15) is 0 Å². The first-order valence-corrected chi connectivity index (χ1v) is 7.77. The number of nitrogens with zero attached hydrogens (tertiary/aromatic N) is 1. The number of carbonyl (C=O) groups excluding carboxylic acids is 1. The number of halogens is 2. The Morgan fingerprint density at radius 1 is 1.09 bits per heavy atom. The van der Waals surface area contributed by atoms with Gasteiger partial charge in [0.25, 0.3) is 0 Å². The fraction of sp³-hybridized carbons (Fsp3) is 0.235. The summed E-state index contributed by atoms with van der Waals surface area (Å²) in [5.41, 5.74) is 1.85. The first kappa shape index (κ1) is 16.8. The fourth-order valence-electron chi connectivity index (χ4n) is 2.12. The summed E-state index contributed by atoms with van der Waals surface area (Å²) < 4.78 is 0. The number of amides is 1. The van der Waals surface area contributed by atoms with Crippen molar-refractivity contribution in [3.8, 4) is 0 Å². The average molecular weight is 337 g/mol. The summed E-state index contributed by atoms with van der Waals surface area (Å²) in [7, 11) is 2.00. The van der Waals surface area contributed by atoms with Crippen LogP contribution in [0.2, 0.25) is 10.0 Å². The van der Waals surface area contributed by atoms with Crippen molar-refractivity contribution in [2.45, 2.75) is 13.0 Å². The molecule has 2 rings (SSSR count). The van der Waals surface area contributed by atoms with Crippen LogP contribution in [-0.4, -0.2) is 24.4 Å². The smallest absolute Gasteiger partial charge is 0.225 e. The Balaban J connectivity index is 1.80. The van der Waals surface area contributed by atoms with E-state index in [9.17, 15) is 4.79 Å². The fourth-order valence-corrected chi connectivity index (χ4v) is 2.64. The molecule has 0 fully saturated rings. The van der Waals surface area contributed by atoms with Gasteiger partial charge < -0.3 is 10.2 Å². The minimum Gasteiger partial charge on any atom is -0.326 e. The highest BCUT2D eigenvalue weighted by Gasteiger charge is 2.07. The molecule has 0 spiro atoms. The van der Waals surface area contributed by atoms with Crippen LogP contribution in [0, 0.1) is 0 Å². The van der Waals surface area contributed by atoms with Crippen molar-refractivity contribution < 1.29 is 4.79 Å². The van der Waals surface area contributed by atoms with Crippen LogP contribution in [0.15, 0.2) is 48.5 Å². The van der Waals surface area contributed by atoms with Crippen molar-refractivity contribution >= 4 is 34.8 Å². The summed E-state index contributed by atoms with van der Waals surface area (Å²) in [5, 5.41) is 3.82. The lowest BCUT2D eigenvalue weighted by atomic mass is 10.2. The van der Waals surface area contributed by atoms with E-state index in [2.05, 4.69) is 22.3 Å². The number of hydrogen-bond donors (Lipinski definition) is 1. The number of carbonyl (C=O) groups is 1. The second kappa shape index (κ2) is 8.18. The molecule has 0 radical (unpaired) electrons. The highest BCUT2D eigenvalue weighted by atomic mass is 35.5. The molecule has 5 heteroatoms. The van der Waals surface area contributed by atoms with E-state index in [1.165, 1.54) is 5.56 Å². The predicted molar refractivity (Wildman–Crippen MR) is 92.5 cm³/mol. The second-order valence-corrected chi connectivity index (χ2v) is 6.05. The van der Waals surface area contributed by atoms with E-state index in [1.807, 2.05) is 25.2 Å². The molecule has 2 aromatic rings. The Hall–Kier alpha value is -1.55. The van der Waals surface area contributed by atoms with Crippen LogP contribution >= 0.6 is 23.2 Å². The van der Waals surface area contributed by atoms with Gasteiger partial charge in [0.2, 0.25) is 5.91 Å². The van der Waals surface area contributed by atoms with Gasteiger partial charge in [-0.15, -0.1) is 0 Å². The molecule has 2 aromatic carbocycles. The van der Waals surface area contributed by atoms with Gasteiger partial charge in [0.05, 0.1) is 0 Å². The lowest BCUT2D eigenvalue weighted by molar-refractivity contribution is -0.116. The summed E-state index contributed by atoms with van der Waals surface area (Å²) in [6.45, 7) is 1.49. The Bertz CT molecular complexity index is 612. The van der Waals surface area contributed by atoms with Crippen molar-refractivity contribution in [3.63, 3.8) is 0 Å². The predicted octanol–water partition coefficient (Wildman–Crippen LogP) is 4.45. The van der Waals surface area contributed by atoms with E-state index in [-0.39, 0.29) is 5.91 Å². The van der Waals surface area contributed by atoms with Gasteiger partial charge in [-0.2, -0.15) is 0 Å². The SMILES string of the molecule is CN(CCC(=O)Nc1cc(Cl)cc(Cl)c1)Cc1ccccc1. The summed E-state index contributed by atoms with van der Waals surface area (Å²) in [5.74, 6) is -0.0572. The maximum atomic E-state index is 12.0. The summed E-state index contributed by atoms with van der Waals surface area (Å²) in [6, 6.07) is 15.2. The molecule has 1 amide bonds. The minimum absolute atomic E-state index is 0.0572. The standard InChI is InChI=1S/C17H18Cl2N2O/c1-21(12-13-5-3-2-4-6-13)8-7-17(22)20-16-10-14(18)9-15(19)11-16/h2-6,9-11H,7-8,12H2,1H3,(H,20,22). The minimum atomic E-state index is -0.0572. The molecule has 0 bridgehead atoms. The van der Waals surface area contributed by atoms with Crippen LogP contribution in [0.25, 0.3) is 0 Å². The highest BCUT2D eigenvalue weighted by molar-refractivity contribution is 6.35. The maximum absolute atomic E-state index is 12.0. The maximum Gasteiger partial charge on any atom is 0.225 e. The van der Waals surface area contributed by atoms with Crippen LogP contribution in [0.5, 0.6) is 0 Å². The number of benzene rings is 2. The normalized spacial score (nSPS) is 10.7. The Morgan fingerprint density at radius 2 is 1.73 bits per heavy atom. The van der Waals surface area contributed by atoms with E-state index >= 15 is 0 Å². The van der Waals surface area contributed by atoms with E-state index in [1.54, 1.807) is 18.2 Å². The lowest BCUT2D eigenvalue weighted by Crippen LogP contribution is -2.24. The molecular formula is C17H18Cl2N2O. The average Bonchev–Trinajstić information content (AvgIpc) is 2.45. The van der Waals surface area contributed by atoms with Gasteiger partial charge >= 0.3 is 0 Å². The molecule has 0 saturated carbocycles. The number of nitrogens with one attached hydrogen (secondary N) is 1. The van der Waals surface area contributed by atoms with Gasteiger partial charge in [-0.25, -0.2) is 0 Å². The molecule has 0 aliphatic carbocycles. The van der Waals surface area contributed by atoms with Crippen molar-refractivity contribution in [1.82, 2.24) is 4.90 Å². The molecule has 3 nitrogen and oxygen atoms in total. The first-order valence-electron chi connectivity index (χ1n) is 7.01. The van der Waals surface area contributed by atoms with Crippen LogP contribution in [0.1, 0.15) is 12.0 Å². The molecule has 0 unspecified atom stereocenters. The molecule has 0 saturated heterocycles. The van der Waals surface area contributed by atoms with Crippen LogP contribution < -0.4 is 5.32 Å². The molecule has 0 atom stereocenters. The molecule has 0 aromatic heterocycles. The van der Waals surface area contributed by atoms with E-state index in [0.29, 0.717) is 28.7 Å². The van der Waals surface area contributed by atoms with Crippen LogP contribution in [-0.2, 0) is 11.3 Å². The Morgan fingerprint density at radius 3 is 2.36 bits per heavy atom. The Labute approximate surface area is 140 Å². The molecule has 0 aliphatic rings. The topological polar surface area (TPSA) is 32.3 Å². The highest BCUT2D eigenvalue weighted by Crippen LogP contribution is 2.22. The summed E-state index contributed by atoms with van der Waals surface area (Å²) in [4.78, 5) is 14.1. The molecule has 0 aliphatic heterocycles. The van der Waals surface area contributed by atoms with Gasteiger partial charge in [-0.05, 0) is 30.8 Å². The molecule has 22 heavy (non-hydrogen) atoms. The third-order valence-corrected chi connectivity index (χ3v) is 3.60. The van der Waals surface area contributed by atoms with Gasteiger partial charge in [0.15, 0.2) is 0 Å². The Kier molecular flexibility index (Phi) is 6.25. The third-order valence-electron chi connectivity index (χ3n) is 3.16. The zero-order valence-electron chi connectivity index (χ0n) is 12.4. The molecule has 116 valence electrons. The number of anilines is 1. The number of rotatable bonds is 6. The van der Waals surface area contributed by atoms with Crippen LogP contribution in [0.4, 0.5) is 5.69 Å². The van der Waals surface area contributed by atoms with Gasteiger partial charge in [0, 0.05) is 35.2 Å². The summed E-state index contributed by atoms with van der Waals surface area (Å²) in [6.07, 6.45) is 0.410. The first-order chi connectivity index (χ1) is 10.5. The van der Waals surface area contributed by atoms with E-state index < -0.39 is 0 Å². The van der Waals surface area contributed by atoms with Crippen molar-refractivity contribution in [3.05, 3.63) is 64.1 Å². The molecule has 0 heterocycles. The molecular weight excluding hydrogens is 319 g/mol. The van der Waals surface area contributed by atoms with Crippen molar-refractivity contribution in [2.75, 3.05) is 18.9 Å². The summed E-state index contributed by atoms with van der Waals surface area (Å²) >= 11 is 11.8. The van der Waals surface area contributed by atoms with Gasteiger partial charge in [-0.3, -0.25) is 4.79 Å². The second-order valence-electron chi connectivity index (χ2n) is 5.18. The largest absolute Gasteiger partial charge is 0.326 e. The van der Waals surface area contributed by atoms with Crippen LogP contribution in [0.3, 0.4) is 0 Å². The number of hydrogen-bond acceptors (Lipinski definition) is 2. The van der Waals surface area contributed by atoms with E-state index in [0.717, 1.165) is 6.54 Å². The molecule has 1 N–H and O–H groups in total. The quantitative estimate of drug-likeness (QED) is 0.844. The lowest BCUT2D eigenvalue weighted by Gasteiger charge is -2.16. The van der Waals surface area contributed by atoms with Crippen molar-refractivity contribution in [1.29, 1.82) is 0 Å². The zero-order valence-corrected chi connectivity index (χ0v) is 13.9. The van der Waals surface area contributed by atoms with Crippen molar-refractivity contribution in [2.24, 2.45) is 0 Å². The van der Waals surface area contributed by atoms with Gasteiger partial charge in [-0.1, -0.05) is 53.5 Å². The van der Waals surface area contributed by atoms with E-state index in [4.69, 9.17) is 23.2 Å². The third kappa shape index (κ3) is 5.68.